The number of piperazine rings is 1. The van der Waals surface area contributed by atoms with Gasteiger partial charge in [0, 0.05) is 43.8 Å². The van der Waals surface area contributed by atoms with E-state index < -0.39 is 10.0 Å². The van der Waals surface area contributed by atoms with Gasteiger partial charge in [-0.1, -0.05) is 30.3 Å². The molecule has 0 atom stereocenters. The maximum absolute atomic E-state index is 12.8. The topological polar surface area (TPSA) is 82.6 Å². The number of thiazole rings is 1. The van der Waals surface area contributed by atoms with E-state index in [1.165, 1.54) is 11.3 Å². The lowest BCUT2D eigenvalue weighted by Crippen LogP contribution is -2.48. The molecule has 3 aromatic rings. The summed E-state index contributed by atoms with van der Waals surface area (Å²) in [7, 11) is -3.45. The molecule has 1 N–H and O–H groups in total. The van der Waals surface area contributed by atoms with Crippen molar-refractivity contribution in [2.24, 2.45) is 0 Å². The lowest BCUT2D eigenvalue weighted by molar-refractivity contribution is -0.115. The molecule has 0 spiro atoms. The molecule has 0 bridgehead atoms. The Morgan fingerprint density at radius 1 is 1.06 bits per heavy atom. The molecule has 0 radical (unpaired) electrons. The zero-order valence-electron chi connectivity index (χ0n) is 18.8. The van der Waals surface area contributed by atoms with Crippen molar-refractivity contribution in [1.29, 1.82) is 0 Å². The van der Waals surface area contributed by atoms with E-state index >= 15 is 0 Å². The normalized spacial score (nSPS) is 15.5. The molecular weight excluding hydrogens is 456 g/mol. The van der Waals surface area contributed by atoms with E-state index in [1.807, 2.05) is 43.5 Å². The van der Waals surface area contributed by atoms with Crippen LogP contribution in [0.3, 0.4) is 0 Å². The predicted octanol–water partition coefficient (Wildman–Crippen LogP) is 3.45. The van der Waals surface area contributed by atoms with Crippen molar-refractivity contribution < 1.29 is 13.2 Å². The number of hydrogen-bond donors (Lipinski definition) is 1. The van der Waals surface area contributed by atoms with E-state index in [-0.39, 0.29) is 12.3 Å². The zero-order valence-corrected chi connectivity index (χ0v) is 20.5. The summed E-state index contributed by atoms with van der Waals surface area (Å²) < 4.78 is 27.1. The Bertz CT molecular complexity index is 1220. The number of anilines is 1. The molecule has 9 heteroatoms. The van der Waals surface area contributed by atoms with Crippen molar-refractivity contribution in [2.75, 3.05) is 31.5 Å². The third-order valence-corrected chi connectivity index (χ3v) is 8.49. The van der Waals surface area contributed by atoms with E-state index in [4.69, 9.17) is 0 Å². The summed E-state index contributed by atoms with van der Waals surface area (Å²) in [5, 5.41) is 5.73. The smallest absolute Gasteiger partial charge is 0.243 e. The van der Waals surface area contributed by atoms with E-state index in [9.17, 15) is 13.2 Å². The van der Waals surface area contributed by atoms with Crippen LogP contribution >= 0.6 is 11.3 Å². The summed E-state index contributed by atoms with van der Waals surface area (Å²) in [6.45, 7) is 6.81. The van der Waals surface area contributed by atoms with Gasteiger partial charge in [-0.15, -0.1) is 11.3 Å². The first kappa shape index (κ1) is 23.6. The molecule has 4 rings (SSSR count). The summed E-state index contributed by atoms with van der Waals surface area (Å²) in [6.07, 6.45) is 0.237. The van der Waals surface area contributed by atoms with Gasteiger partial charge in [0.2, 0.25) is 15.9 Å². The van der Waals surface area contributed by atoms with E-state index in [1.54, 1.807) is 28.6 Å². The van der Waals surface area contributed by atoms with Gasteiger partial charge in [-0.2, -0.15) is 4.31 Å². The van der Waals surface area contributed by atoms with Gasteiger partial charge in [-0.25, -0.2) is 13.4 Å². The fraction of sp³-hybridized carbons (Fsp3) is 0.333. The lowest BCUT2D eigenvalue weighted by atomic mass is 10.1. The van der Waals surface area contributed by atoms with Crippen molar-refractivity contribution in [3.8, 4) is 0 Å². The number of sulfonamides is 1. The quantitative estimate of drug-likeness (QED) is 0.556. The number of aromatic nitrogens is 1. The van der Waals surface area contributed by atoms with Gasteiger partial charge < -0.3 is 5.32 Å². The lowest BCUT2D eigenvalue weighted by Gasteiger charge is -2.33. The number of amides is 1. The average molecular weight is 485 g/mol. The van der Waals surface area contributed by atoms with Crippen LogP contribution in [0.5, 0.6) is 0 Å². The number of carbonyl (C=O) groups excluding carboxylic acids is 1. The number of rotatable bonds is 7. The number of carbonyl (C=O) groups is 1. The van der Waals surface area contributed by atoms with Crippen LogP contribution in [0, 0.1) is 13.8 Å². The molecule has 174 valence electrons. The van der Waals surface area contributed by atoms with E-state index in [0.29, 0.717) is 37.6 Å². The van der Waals surface area contributed by atoms with Gasteiger partial charge in [0.1, 0.15) is 5.01 Å². The summed E-state index contributed by atoms with van der Waals surface area (Å²) in [6, 6.07) is 14.6. The van der Waals surface area contributed by atoms with Crippen LogP contribution in [0.25, 0.3) is 0 Å². The van der Waals surface area contributed by atoms with Crippen LogP contribution in [0.15, 0.2) is 58.8 Å². The van der Waals surface area contributed by atoms with Crippen LogP contribution in [0.2, 0.25) is 0 Å². The van der Waals surface area contributed by atoms with Gasteiger partial charge in [0.05, 0.1) is 17.0 Å². The monoisotopic (exact) mass is 484 g/mol. The SMILES string of the molecule is Cc1ccc(C)c(NC(=O)Cc2nc(CN3CCN(S(=O)(=O)c4ccccc4)CC3)cs2)c1. The fourth-order valence-corrected chi connectivity index (χ4v) is 6.03. The minimum atomic E-state index is -3.45. The van der Waals surface area contributed by atoms with Gasteiger partial charge in [-0.05, 0) is 43.2 Å². The molecule has 7 nitrogen and oxygen atoms in total. The molecule has 1 aromatic heterocycles. The Kier molecular flexibility index (Phi) is 7.23. The summed E-state index contributed by atoms with van der Waals surface area (Å²) in [5.74, 6) is -0.0793. The van der Waals surface area contributed by atoms with E-state index in [0.717, 1.165) is 27.5 Å². The standard InChI is InChI=1S/C24H28N4O3S2/c1-18-8-9-19(2)22(14-18)26-23(29)15-24-25-20(17-32-24)16-27-10-12-28(13-11-27)33(30,31)21-6-4-3-5-7-21/h3-9,14,17H,10-13,15-16H2,1-2H3,(H,26,29). The molecule has 0 saturated carbocycles. The molecule has 0 aliphatic carbocycles. The molecule has 1 amide bonds. The van der Waals surface area contributed by atoms with Gasteiger partial charge in [0.15, 0.2) is 0 Å². The van der Waals surface area contributed by atoms with Gasteiger partial charge in [-0.3, -0.25) is 9.69 Å². The molecule has 1 saturated heterocycles. The van der Waals surface area contributed by atoms with Crippen LogP contribution in [0.4, 0.5) is 5.69 Å². The number of nitrogens with one attached hydrogen (secondary N) is 1. The highest BCUT2D eigenvalue weighted by molar-refractivity contribution is 7.89. The molecule has 1 aliphatic rings. The van der Waals surface area contributed by atoms with Crippen molar-refractivity contribution in [3.05, 3.63) is 75.7 Å². The molecule has 33 heavy (non-hydrogen) atoms. The highest BCUT2D eigenvalue weighted by Crippen LogP contribution is 2.20. The van der Waals surface area contributed by atoms with Crippen LogP contribution in [0.1, 0.15) is 21.8 Å². The summed E-state index contributed by atoms with van der Waals surface area (Å²) in [4.78, 5) is 19.6. The Labute approximate surface area is 199 Å². The van der Waals surface area contributed by atoms with Crippen LogP contribution in [-0.2, 0) is 27.8 Å². The summed E-state index contributed by atoms with van der Waals surface area (Å²) >= 11 is 1.48. The molecule has 2 heterocycles. The molecule has 2 aromatic carbocycles. The minimum Gasteiger partial charge on any atom is -0.325 e. The Hall–Kier alpha value is -2.59. The highest BCUT2D eigenvalue weighted by atomic mass is 32.2. The Morgan fingerprint density at radius 2 is 1.79 bits per heavy atom. The largest absolute Gasteiger partial charge is 0.325 e. The van der Waals surface area contributed by atoms with Crippen molar-refractivity contribution in [3.63, 3.8) is 0 Å². The first-order valence-corrected chi connectivity index (χ1v) is 13.2. The van der Waals surface area contributed by atoms with Gasteiger partial charge in [0.25, 0.3) is 0 Å². The molecular formula is C24H28N4O3S2. The van der Waals surface area contributed by atoms with E-state index in [2.05, 4.69) is 15.2 Å². The van der Waals surface area contributed by atoms with Crippen LogP contribution in [-0.4, -0.2) is 54.7 Å². The third-order valence-electron chi connectivity index (χ3n) is 5.68. The number of hydrogen-bond acceptors (Lipinski definition) is 6. The first-order valence-electron chi connectivity index (χ1n) is 10.9. The third kappa shape index (κ3) is 5.86. The highest BCUT2D eigenvalue weighted by Gasteiger charge is 2.28. The summed E-state index contributed by atoms with van der Waals surface area (Å²) in [5.41, 5.74) is 3.88. The first-order chi connectivity index (χ1) is 15.8. The van der Waals surface area contributed by atoms with Crippen molar-refractivity contribution >= 4 is 33.0 Å². The molecule has 1 fully saturated rings. The second-order valence-corrected chi connectivity index (χ2v) is 11.1. The second kappa shape index (κ2) is 10.1. The molecule has 0 unspecified atom stereocenters. The number of aryl methyl sites for hydroxylation is 2. The average Bonchev–Trinajstić information content (AvgIpc) is 3.23. The maximum Gasteiger partial charge on any atom is 0.243 e. The zero-order chi connectivity index (χ0) is 23.4. The van der Waals surface area contributed by atoms with Crippen molar-refractivity contribution in [1.82, 2.24) is 14.2 Å². The predicted molar refractivity (Wildman–Crippen MR) is 131 cm³/mol. The maximum atomic E-state index is 12.8. The van der Waals surface area contributed by atoms with Crippen LogP contribution < -0.4 is 5.32 Å². The second-order valence-electron chi connectivity index (χ2n) is 8.27. The Morgan fingerprint density at radius 3 is 2.52 bits per heavy atom. The van der Waals surface area contributed by atoms with Crippen molar-refractivity contribution in [2.45, 2.75) is 31.7 Å². The van der Waals surface area contributed by atoms with Gasteiger partial charge >= 0.3 is 0 Å². The minimum absolute atomic E-state index is 0.0793. The Balaban J connectivity index is 1.29. The fourth-order valence-electron chi connectivity index (χ4n) is 3.80. The number of benzene rings is 2. The number of nitrogens with zero attached hydrogens (tertiary/aromatic N) is 3. The molecule has 1 aliphatic heterocycles.